The first-order chi connectivity index (χ1) is 6.47. The molecule has 0 fully saturated rings. The third-order valence-corrected chi connectivity index (χ3v) is 5.03. The summed E-state index contributed by atoms with van der Waals surface area (Å²) in [6, 6.07) is 2.30. The van der Waals surface area contributed by atoms with Crippen molar-refractivity contribution in [2.24, 2.45) is 0 Å². The van der Waals surface area contributed by atoms with Crippen molar-refractivity contribution in [3.05, 3.63) is 20.3 Å². The van der Waals surface area contributed by atoms with Gasteiger partial charge in [-0.3, -0.25) is 0 Å². The van der Waals surface area contributed by atoms with Crippen LogP contribution in [0.4, 0.5) is 0 Å². The zero-order chi connectivity index (χ0) is 10.8. The molecule has 0 aliphatic carbocycles. The highest BCUT2D eigenvalue weighted by Crippen LogP contribution is 2.37. The van der Waals surface area contributed by atoms with Crippen LogP contribution in [0.15, 0.2) is 9.85 Å². The predicted octanol–water partition coefficient (Wildman–Crippen LogP) is 3.71. The van der Waals surface area contributed by atoms with Gasteiger partial charge in [-0.25, -0.2) is 0 Å². The van der Waals surface area contributed by atoms with E-state index in [0.29, 0.717) is 0 Å². The van der Waals surface area contributed by atoms with E-state index in [-0.39, 0.29) is 5.41 Å². The molecule has 80 valence electrons. The number of rotatable bonds is 4. The number of nitrogens with one attached hydrogen (secondary N) is 1. The van der Waals surface area contributed by atoms with Crippen LogP contribution in [-0.2, 0) is 5.41 Å². The fourth-order valence-electron chi connectivity index (χ4n) is 1.35. The molecule has 0 radical (unpaired) electrons. The highest BCUT2D eigenvalue weighted by Gasteiger charge is 2.22. The normalized spacial score (nSPS) is 12.1. The molecule has 0 unspecified atom stereocenters. The number of aryl methyl sites for hydroxylation is 1. The van der Waals surface area contributed by atoms with Gasteiger partial charge in [-0.05, 0) is 54.5 Å². The average Bonchev–Trinajstić information content (AvgIpc) is 2.45. The van der Waals surface area contributed by atoms with Gasteiger partial charge < -0.3 is 5.32 Å². The highest BCUT2D eigenvalue weighted by atomic mass is 79.9. The first kappa shape index (κ1) is 12.2. The van der Waals surface area contributed by atoms with Gasteiger partial charge in [0.05, 0.1) is 3.79 Å². The zero-order valence-corrected chi connectivity index (χ0v) is 11.7. The molecule has 3 heteroatoms. The summed E-state index contributed by atoms with van der Waals surface area (Å²) in [6.45, 7) is 7.84. The standard InChI is InChI=1S/C11H18BrNS/c1-8-7-9(14-10(8)12)11(2,3)5-6-13-4/h7,13H,5-6H2,1-4H3. The first-order valence-electron chi connectivity index (χ1n) is 4.88. The smallest absolute Gasteiger partial charge is 0.0730 e. The van der Waals surface area contributed by atoms with E-state index in [1.54, 1.807) is 0 Å². The average molecular weight is 276 g/mol. The molecular formula is C11H18BrNS. The third-order valence-electron chi connectivity index (χ3n) is 2.52. The van der Waals surface area contributed by atoms with Crippen molar-refractivity contribution >= 4 is 27.3 Å². The van der Waals surface area contributed by atoms with Crippen LogP contribution in [-0.4, -0.2) is 13.6 Å². The molecule has 1 heterocycles. The Balaban J connectivity index is 2.80. The molecule has 1 rings (SSSR count). The Hall–Kier alpha value is 0.140. The lowest BCUT2D eigenvalue weighted by Gasteiger charge is -2.22. The molecular weight excluding hydrogens is 258 g/mol. The minimum atomic E-state index is 0.282. The minimum absolute atomic E-state index is 0.282. The van der Waals surface area contributed by atoms with E-state index < -0.39 is 0 Å². The Bertz CT molecular complexity index is 285. The van der Waals surface area contributed by atoms with Crippen molar-refractivity contribution in [3.63, 3.8) is 0 Å². The van der Waals surface area contributed by atoms with E-state index in [1.807, 2.05) is 18.4 Å². The second-order valence-corrected chi connectivity index (χ2v) is 6.67. The van der Waals surface area contributed by atoms with E-state index in [9.17, 15) is 0 Å². The zero-order valence-electron chi connectivity index (χ0n) is 9.28. The Morgan fingerprint density at radius 2 is 2.14 bits per heavy atom. The molecule has 0 aliphatic rings. The third kappa shape index (κ3) is 2.81. The maximum absolute atomic E-state index is 3.58. The highest BCUT2D eigenvalue weighted by molar-refractivity contribution is 9.11. The molecule has 0 saturated carbocycles. The quantitative estimate of drug-likeness (QED) is 0.884. The van der Waals surface area contributed by atoms with Crippen LogP contribution in [0.25, 0.3) is 0 Å². The topological polar surface area (TPSA) is 12.0 Å². The monoisotopic (exact) mass is 275 g/mol. The number of hydrogen-bond donors (Lipinski definition) is 1. The van der Waals surface area contributed by atoms with Crippen LogP contribution in [0.1, 0.15) is 30.7 Å². The Morgan fingerprint density at radius 1 is 1.50 bits per heavy atom. The summed E-state index contributed by atoms with van der Waals surface area (Å²) in [5.74, 6) is 0. The summed E-state index contributed by atoms with van der Waals surface area (Å²) in [4.78, 5) is 1.47. The Morgan fingerprint density at radius 3 is 2.57 bits per heavy atom. The lowest BCUT2D eigenvalue weighted by molar-refractivity contribution is 0.477. The van der Waals surface area contributed by atoms with Gasteiger partial charge in [0, 0.05) is 10.3 Å². The van der Waals surface area contributed by atoms with Gasteiger partial charge in [0.1, 0.15) is 0 Å². The number of hydrogen-bond acceptors (Lipinski definition) is 2. The van der Waals surface area contributed by atoms with Crippen molar-refractivity contribution < 1.29 is 0 Å². The van der Waals surface area contributed by atoms with Crippen molar-refractivity contribution in [2.45, 2.75) is 32.6 Å². The summed E-state index contributed by atoms with van der Waals surface area (Å²) in [5.41, 5.74) is 1.63. The van der Waals surface area contributed by atoms with E-state index >= 15 is 0 Å². The summed E-state index contributed by atoms with van der Waals surface area (Å²) >= 11 is 5.44. The second kappa shape index (κ2) is 4.77. The first-order valence-corrected chi connectivity index (χ1v) is 6.49. The van der Waals surface area contributed by atoms with Crippen LogP contribution in [0, 0.1) is 6.92 Å². The molecule has 0 bridgehead atoms. The predicted molar refractivity (Wildman–Crippen MR) is 68.3 cm³/mol. The minimum Gasteiger partial charge on any atom is -0.320 e. The molecule has 0 aliphatic heterocycles. The van der Waals surface area contributed by atoms with Gasteiger partial charge in [-0.1, -0.05) is 13.8 Å². The van der Waals surface area contributed by atoms with Gasteiger partial charge in [-0.2, -0.15) is 0 Å². The number of halogens is 1. The molecule has 0 spiro atoms. The molecule has 0 atom stereocenters. The largest absolute Gasteiger partial charge is 0.320 e. The van der Waals surface area contributed by atoms with Gasteiger partial charge in [0.25, 0.3) is 0 Å². The van der Waals surface area contributed by atoms with Crippen LogP contribution in [0.2, 0.25) is 0 Å². The Kier molecular flexibility index (Phi) is 4.16. The molecule has 0 saturated heterocycles. The van der Waals surface area contributed by atoms with Gasteiger partial charge >= 0.3 is 0 Å². The molecule has 1 aromatic rings. The molecule has 1 aromatic heterocycles. The van der Waals surface area contributed by atoms with Crippen LogP contribution >= 0.6 is 27.3 Å². The van der Waals surface area contributed by atoms with Crippen LogP contribution in [0.3, 0.4) is 0 Å². The Labute approximate surface area is 99.0 Å². The summed E-state index contributed by atoms with van der Waals surface area (Å²) in [7, 11) is 2.01. The summed E-state index contributed by atoms with van der Waals surface area (Å²) < 4.78 is 1.27. The van der Waals surface area contributed by atoms with Crippen LogP contribution in [0.5, 0.6) is 0 Å². The van der Waals surface area contributed by atoms with Crippen molar-refractivity contribution in [1.82, 2.24) is 5.32 Å². The van der Waals surface area contributed by atoms with E-state index in [4.69, 9.17) is 0 Å². The second-order valence-electron chi connectivity index (χ2n) is 4.30. The maximum Gasteiger partial charge on any atom is 0.0730 e. The maximum atomic E-state index is 3.58. The number of thiophene rings is 1. The van der Waals surface area contributed by atoms with Gasteiger partial charge in [0.15, 0.2) is 0 Å². The summed E-state index contributed by atoms with van der Waals surface area (Å²) in [5, 5.41) is 3.21. The van der Waals surface area contributed by atoms with Crippen molar-refractivity contribution in [3.8, 4) is 0 Å². The van der Waals surface area contributed by atoms with Crippen molar-refractivity contribution in [1.29, 1.82) is 0 Å². The van der Waals surface area contributed by atoms with E-state index in [2.05, 4.69) is 48.1 Å². The van der Waals surface area contributed by atoms with E-state index in [0.717, 1.165) is 6.54 Å². The van der Waals surface area contributed by atoms with E-state index in [1.165, 1.54) is 20.6 Å². The molecule has 0 aromatic carbocycles. The lowest BCUT2D eigenvalue weighted by Crippen LogP contribution is -2.22. The van der Waals surface area contributed by atoms with Crippen LogP contribution < -0.4 is 5.32 Å². The van der Waals surface area contributed by atoms with Gasteiger partial charge in [-0.15, -0.1) is 11.3 Å². The van der Waals surface area contributed by atoms with Crippen molar-refractivity contribution in [2.75, 3.05) is 13.6 Å². The fraction of sp³-hybridized carbons (Fsp3) is 0.636. The molecule has 0 amide bonds. The molecule has 1 nitrogen and oxygen atoms in total. The lowest BCUT2D eigenvalue weighted by atomic mass is 9.87. The SMILES string of the molecule is CNCCC(C)(C)c1cc(C)c(Br)s1. The molecule has 1 N–H and O–H groups in total. The molecule has 14 heavy (non-hydrogen) atoms. The van der Waals surface area contributed by atoms with Gasteiger partial charge in [0.2, 0.25) is 0 Å². The fourth-order valence-corrected chi connectivity index (χ4v) is 3.02. The summed E-state index contributed by atoms with van der Waals surface area (Å²) in [6.07, 6.45) is 1.18.